The van der Waals surface area contributed by atoms with E-state index in [4.69, 9.17) is 0 Å². The molecule has 2 rings (SSSR count). The molecule has 28 heavy (non-hydrogen) atoms. The lowest BCUT2D eigenvalue weighted by Crippen LogP contribution is -2.71. The first-order valence-electron chi connectivity index (χ1n) is 8.88. The number of piperidine rings is 1. The summed E-state index contributed by atoms with van der Waals surface area (Å²) in [5, 5.41) is 34.4. The van der Waals surface area contributed by atoms with E-state index in [1.165, 1.54) is 31.2 Å². The van der Waals surface area contributed by atoms with Gasteiger partial charge in [-0.05, 0) is 25.3 Å². The van der Waals surface area contributed by atoms with Crippen molar-refractivity contribution in [3.05, 3.63) is 39.9 Å². The van der Waals surface area contributed by atoms with Gasteiger partial charge in [0.2, 0.25) is 0 Å². The van der Waals surface area contributed by atoms with Gasteiger partial charge in [-0.3, -0.25) is 19.7 Å². The number of hydrogen-bond acceptors (Lipinski definition) is 6. The molecule has 3 N–H and O–H groups in total. The summed E-state index contributed by atoms with van der Waals surface area (Å²) in [6, 6.07) is 3.39. The molecule has 5 unspecified atom stereocenters. The molecule has 1 aromatic rings. The van der Waals surface area contributed by atoms with E-state index in [1.54, 1.807) is 20.8 Å². The van der Waals surface area contributed by atoms with Gasteiger partial charge in [0.05, 0.1) is 21.8 Å². The summed E-state index contributed by atoms with van der Waals surface area (Å²) in [6.45, 7) is 6.24. The Balaban J connectivity index is 2.94. The van der Waals surface area contributed by atoms with E-state index in [2.05, 4.69) is 5.32 Å². The predicted octanol–water partition coefficient (Wildman–Crippen LogP) is 2.06. The van der Waals surface area contributed by atoms with Gasteiger partial charge >= 0.3 is 11.9 Å². The highest BCUT2D eigenvalue weighted by atomic mass is 16.6. The number of aldehydes is 1. The van der Waals surface area contributed by atoms with Crippen molar-refractivity contribution in [3.8, 4) is 0 Å². The van der Waals surface area contributed by atoms with Gasteiger partial charge in [-0.15, -0.1) is 0 Å². The first kappa shape index (κ1) is 21.5. The Morgan fingerprint density at radius 2 is 1.89 bits per heavy atom. The fourth-order valence-corrected chi connectivity index (χ4v) is 4.77. The number of benzene rings is 1. The number of non-ortho nitro benzene ring substituents is 1. The summed E-state index contributed by atoms with van der Waals surface area (Å²) < 4.78 is 0. The number of nitro groups is 1. The Morgan fingerprint density at radius 3 is 2.32 bits per heavy atom. The number of carboxylic acid groups (broad SMARTS) is 2. The van der Waals surface area contributed by atoms with Crippen molar-refractivity contribution in [1.82, 2.24) is 5.32 Å². The number of carbonyl (C=O) groups excluding carboxylic acids is 1. The predicted molar refractivity (Wildman–Crippen MR) is 98.9 cm³/mol. The summed E-state index contributed by atoms with van der Waals surface area (Å²) in [5.41, 5.74) is -3.54. The monoisotopic (exact) mass is 392 g/mol. The topological polar surface area (TPSA) is 147 Å². The zero-order chi connectivity index (χ0) is 21.4. The van der Waals surface area contributed by atoms with Crippen LogP contribution in [0.1, 0.15) is 39.2 Å². The Morgan fingerprint density at radius 1 is 1.29 bits per heavy atom. The quantitative estimate of drug-likeness (QED) is 0.379. The number of rotatable bonds is 6. The number of hydrogen-bond donors (Lipinski definition) is 3. The second-order valence-electron chi connectivity index (χ2n) is 7.77. The van der Waals surface area contributed by atoms with E-state index in [9.17, 15) is 34.7 Å². The number of nitro benzene ring substituents is 1. The molecule has 1 fully saturated rings. The molecule has 0 saturated carbocycles. The smallest absolute Gasteiger partial charge is 0.312 e. The SMILES string of the molecule is CC(C)C1(C(=O)O)C(C)NC(C=O)C(C)(C(=O)O)C1c1cccc([N+](=O)[O-])c1. The molecule has 152 valence electrons. The van der Waals surface area contributed by atoms with Crippen LogP contribution in [0.4, 0.5) is 5.69 Å². The van der Waals surface area contributed by atoms with Gasteiger partial charge in [0.1, 0.15) is 6.29 Å². The molecule has 0 bridgehead atoms. The van der Waals surface area contributed by atoms with Gasteiger partial charge < -0.3 is 20.3 Å². The van der Waals surface area contributed by atoms with Crippen LogP contribution in [0, 0.1) is 26.9 Å². The molecule has 1 heterocycles. The standard InChI is InChI=1S/C19H24N2O7/c1-10(2)19(17(25)26)11(3)20-14(9-22)18(4,16(23)24)15(19)12-6-5-7-13(8-12)21(27)28/h5-11,14-15,20H,1-4H3,(H,23,24)(H,25,26). The van der Waals surface area contributed by atoms with E-state index in [0.29, 0.717) is 6.29 Å². The minimum atomic E-state index is -1.84. The average Bonchev–Trinajstić information content (AvgIpc) is 2.61. The van der Waals surface area contributed by atoms with Gasteiger partial charge in [-0.2, -0.15) is 0 Å². The van der Waals surface area contributed by atoms with E-state index in [0.717, 1.165) is 0 Å². The molecule has 1 saturated heterocycles. The fraction of sp³-hybridized carbons (Fsp3) is 0.526. The van der Waals surface area contributed by atoms with Crippen LogP contribution < -0.4 is 5.32 Å². The van der Waals surface area contributed by atoms with Crippen molar-refractivity contribution in [1.29, 1.82) is 0 Å². The van der Waals surface area contributed by atoms with Crippen molar-refractivity contribution in [2.24, 2.45) is 16.7 Å². The molecule has 1 aromatic carbocycles. The first-order chi connectivity index (χ1) is 12.9. The molecule has 9 nitrogen and oxygen atoms in total. The minimum absolute atomic E-state index is 0.204. The van der Waals surface area contributed by atoms with Crippen LogP contribution in [0.25, 0.3) is 0 Å². The zero-order valence-electron chi connectivity index (χ0n) is 16.1. The molecular formula is C19H24N2O7. The van der Waals surface area contributed by atoms with Crippen LogP contribution in [-0.4, -0.2) is 45.4 Å². The molecule has 0 aromatic heterocycles. The Kier molecular flexibility index (Phi) is 5.61. The van der Waals surface area contributed by atoms with Crippen LogP contribution in [0.5, 0.6) is 0 Å². The number of nitrogens with zero attached hydrogens (tertiary/aromatic N) is 1. The Hall–Kier alpha value is -2.81. The lowest BCUT2D eigenvalue weighted by atomic mass is 9.49. The second-order valence-corrected chi connectivity index (χ2v) is 7.77. The van der Waals surface area contributed by atoms with Crippen LogP contribution in [0.2, 0.25) is 0 Å². The highest BCUT2D eigenvalue weighted by Crippen LogP contribution is 2.58. The number of nitrogens with one attached hydrogen (secondary N) is 1. The maximum Gasteiger partial charge on any atom is 0.312 e. The lowest BCUT2D eigenvalue weighted by molar-refractivity contribution is -0.385. The molecular weight excluding hydrogens is 368 g/mol. The second kappa shape index (κ2) is 7.31. The van der Waals surface area contributed by atoms with Crippen molar-refractivity contribution < 1.29 is 29.5 Å². The third-order valence-corrected chi connectivity index (χ3v) is 6.21. The first-order valence-corrected chi connectivity index (χ1v) is 8.88. The highest BCUT2D eigenvalue weighted by molar-refractivity contribution is 5.87. The van der Waals surface area contributed by atoms with Crippen molar-refractivity contribution in [2.45, 2.75) is 45.7 Å². The minimum Gasteiger partial charge on any atom is -0.481 e. The third kappa shape index (κ3) is 2.86. The Labute approximate surface area is 161 Å². The van der Waals surface area contributed by atoms with Crippen molar-refractivity contribution in [2.75, 3.05) is 0 Å². The normalized spacial score (nSPS) is 32.7. The summed E-state index contributed by atoms with van der Waals surface area (Å²) >= 11 is 0. The summed E-state index contributed by atoms with van der Waals surface area (Å²) in [4.78, 5) is 47.3. The largest absolute Gasteiger partial charge is 0.481 e. The van der Waals surface area contributed by atoms with Crippen LogP contribution in [0.15, 0.2) is 24.3 Å². The third-order valence-electron chi connectivity index (χ3n) is 6.21. The molecule has 0 spiro atoms. The lowest BCUT2D eigenvalue weighted by Gasteiger charge is -2.57. The number of carboxylic acids is 2. The maximum absolute atomic E-state index is 12.6. The molecule has 0 amide bonds. The molecule has 5 atom stereocenters. The molecule has 1 aliphatic rings. The summed E-state index contributed by atoms with van der Waals surface area (Å²) in [5.74, 6) is -4.31. The summed E-state index contributed by atoms with van der Waals surface area (Å²) in [7, 11) is 0. The van der Waals surface area contributed by atoms with E-state index in [-0.39, 0.29) is 11.3 Å². The average molecular weight is 392 g/mol. The molecule has 1 aliphatic heterocycles. The number of aliphatic carboxylic acids is 2. The van der Waals surface area contributed by atoms with E-state index in [1.807, 2.05) is 0 Å². The fourth-order valence-electron chi connectivity index (χ4n) is 4.77. The molecule has 9 heteroatoms. The van der Waals surface area contributed by atoms with Gasteiger partial charge in [-0.25, -0.2) is 0 Å². The van der Waals surface area contributed by atoms with Gasteiger partial charge in [0, 0.05) is 24.1 Å². The van der Waals surface area contributed by atoms with E-state index >= 15 is 0 Å². The molecule has 0 aliphatic carbocycles. The highest BCUT2D eigenvalue weighted by Gasteiger charge is 2.67. The zero-order valence-corrected chi connectivity index (χ0v) is 16.1. The van der Waals surface area contributed by atoms with Crippen LogP contribution in [0.3, 0.4) is 0 Å². The Bertz CT molecular complexity index is 824. The maximum atomic E-state index is 12.6. The number of carbonyl (C=O) groups is 3. The molecule has 0 radical (unpaired) electrons. The van der Waals surface area contributed by atoms with E-state index < -0.39 is 51.6 Å². The van der Waals surface area contributed by atoms with Crippen molar-refractivity contribution in [3.63, 3.8) is 0 Å². The van der Waals surface area contributed by atoms with Gasteiger partial charge in [0.25, 0.3) is 5.69 Å². The van der Waals surface area contributed by atoms with Gasteiger partial charge in [0.15, 0.2) is 0 Å². The van der Waals surface area contributed by atoms with Crippen molar-refractivity contribution >= 4 is 23.9 Å². The van der Waals surface area contributed by atoms with Crippen LogP contribution in [-0.2, 0) is 14.4 Å². The summed E-state index contributed by atoms with van der Waals surface area (Å²) in [6.07, 6.45) is 0.459. The van der Waals surface area contributed by atoms with Crippen LogP contribution >= 0.6 is 0 Å². The van der Waals surface area contributed by atoms with Gasteiger partial charge in [-0.1, -0.05) is 26.0 Å².